The molecule has 1 saturated heterocycles. The van der Waals surface area contributed by atoms with Crippen molar-refractivity contribution in [3.8, 4) is 0 Å². The summed E-state index contributed by atoms with van der Waals surface area (Å²) in [7, 11) is 0. The molecule has 1 heterocycles. The van der Waals surface area contributed by atoms with Crippen LogP contribution in [0.3, 0.4) is 0 Å². The lowest BCUT2D eigenvalue weighted by Gasteiger charge is -2.41. The Bertz CT molecular complexity index is 1170. The van der Waals surface area contributed by atoms with Gasteiger partial charge >= 0.3 is 18.0 Å². The number of unbranched alkanes of at least 4 members (excludes halogenated alkanes) is 1. The number of hydrogen-bond acceptors (Lipinski definition) is 7. The number of hydrogen-bond donors (Lipinski definition) is 4. The molecule has 2 amide bonds. The highest BCUT2D eigenvalue weighted by Crippen LogP contribution is 2.35. The van der Waals surface area contributed by atoms with E-state index in [-0.39, 0.29) is 37.5 Å². The minimum absolute atomic E-state index is 0.0109. The quantitative estimate of drug-likeness (QED) is 0.240. The van der Waals surface area contributed by atoms with Gasteiger partial charge in [0.1, 0.15) is 18.2 Å². The molecule has 40 heavy (non-hydrogen) atoms. The van der Waals surface area contributed by atoms with Crippen LogP contribution in [-0.4, -0.2) is 68.8 Å². The van der Waals surface area contributed by atoms with E-state index in [0.717, 1.165) is 10.5 Å². The van der Waals surface area contributed by atoms with Crippen LogP contribution < -0.4 is 11.1 Å². The highest BCUT2D eigenvalue weighted by atomic mass is 35.5. The predicted octanol–water partition coefficient (Wildman–Crippen LogP) is 3.75. The van der Waals surface area contributed by atoms with Crippen LogP contribution in [0.4, 0.5) is 4.79 Å². The fourth-order valence-corrected chi connectivity index (χ4v) is 6.04. The standard InChI is InChI=1S/C28H34ClN3O7S/c29-21-11-8-19(9-12-21)10-13-22(24(33)34)28(14-4-5-15-30,26(37)32-18-40-17-23(32)25(35)36)31-27(38)39-16-20-6-2-1-3-7-20/h1-3,6-9,11-12,22-23H,4-5,10,13-18,30H2,(H,31,38)(H,33,34)(H,35,36)/t22?,23?,28-/m1/s1. The summed E-state index contributed by atoms with van der Waals surface area (Å²) in [5, 5.41) is 23.4. The van der Waals surface area contributed by atoms with E-state index in [1.807, 2.05) is 6.07 Å². The zero-order valence-corrected chi connectivity index (χ0v) is 23.5. The number of carbonyl (C=O) groups is 4. The van der Waals surface area contributed by atoms with Gasteiger partial charge < -0.3 is 30.9 Å². The number of carboxylic acids is 2. The number of alkyl carbamates (subject to hydrolysis) is 1. The number of thioether (sulfide) groups is 1. The van der Waals surface area contributed by atoms with Crippen LogP contribution in [0.2, 0.25) is 5.02 Å². The van der Waals surface area contributed by atoms with E-state index >= 15 is 0 Å². The van der Waals surface area contributed by atoms with Gasteiger partial charge in [0.2, 0.25) is 0 Å². The zero-order chi connectivity index (χ0) is 29.1. The van der Waals surface area contributed by atoms with Crippen molar-refractivity contribution < 1.29 is 34.1 Å². The molecule has 2 aromatic rings. The van der Waals surface area contributed by atoms with E-state index in [9.17, 15) is 29.4 Å². The lowest BCUT2D eigenvalue weighted by atomic mass is 9.75. The van der Waals surface area contributed by atoms with E-state index in [1.54, 1.807) is 48.5 Å². The number of carbonyl (C=O) groups excluding carboxylic acids is 2. The molecule has 1 fully saturated rings. The largest absolute Gasteiger partial charge is 0.481 e. The Morgan fingerprint density at radius 3 is 2.40 bits per heavy atom. The number of nitrogens with one attached hydrogen (secondary N) is 1. The first-order valence-corrected chi connectivity index (χ1v) is 14.5. The Morgan fingerprint density at radius 2 is 1.77 bits per heavy atom. The van der Waals surface area contributed by atoms with Gasteiger partial charge in [-0.1, -0.05) is 54.1 Å². The first-order chi connectivity index (χ1) is 19.2. The Balaban J connectivity index is 1.99. The van der Waals surface area contributed by atoms with Crippen LogP contribution in [0.15, 0.2) is 54.6 Å². The van der Waals surface area contributed by atoms with Crippen LogP contribution in [0.5, 0.6) is 0 Å². The minimum Gasteiger partial charge on any atom is -0.481 e. The van der Waals surface area contributed by atoms with Gasteiger partial charge in [-0.15, -0.1) is 11.8 Å². The van der Waals surface area contributed by atoms with Crippen LogP contribution in [0, 0.1) is 5.92 Å². The molecular weight excluding hydrogens is 558 g/mol. The Morgan fingerprint density at radius 1 is 1.07 bits per heavy atom. The van der Waals surface area contributed by atoms with E-state index < -0.39 is 41.4 Å². The molecule has 12 heteroatoms. The van der Waals surface area contributed by atoms with E-state index in [4.69, 9.17) is 22.1 Å². The smallest absolute Gasteiger partial charge is 0.408 e. The fraction of sp³-hybridized carbons (Fsp3) is 0.429. The van der Waals surface area contributed by atoms with Gasteiger partial charge in [0, 0.05) is 10.8 Å². The molecule has 0 aliphatic carbocycles. The summed E-state index contributed by atoms with van der Waals surface area (Å²) in [6, 6.07) is 14.6. The van der Waals surface area contributed by atoms with Gasteiger partial charge in [-0.05, 0) is 61.9 Å². The van der Waals surface area contributed by atoms with Crippen molar-refractivity contribution in [3.63, 3.8) is 0 Å². The molecule has 10 nitrogen and oxygen atoms in total. The maximum Gasteiger partial charge on any atom is 0.408 e. The second-order valence-corrected chi connectivity index (χ2v) is 11.0. The third-order valence-corrected chi connectivity index (χ3v) is 8.17. The van der Waals surface area contributed by atoms with Gasteiger partial charge in [-0.3, -0.25) is 9.59 Å². The molecule has 5 N–H and O–H groups in total. The van der Waals surface area contributed by atoms with Gasteiger partial charge in [0.25, 0.3) is 5.91 Å². The number of halogens is 1. The van der Waals surface area contributed by atoms with Crippen LogP contribution >= 0.6 is 23.4 Å². The second-order valence-electron chi connectivity index (χ2n) is 9.59. The number of aryl methyl sites for hydroxylation is 1. The van der Waals surface area contributed by atoms with Crippen molar-refractivity contribution in [1.82, 2.24) is 10.2 Å². The topological polar surface area (TPSA) is 159 Å². The molecule has 0 aromatic heterocycles. The zero-order valence-electron chi connectivity index (χ0n) is 22.0. The van der Waals surface area contributed by atoms with Crippen molar-refractivity contribution in [1.29, 1.82) is 0 Å². The summed E-state index contributed by atoms with van der Waals surface area (Å²) in [6.45, 7) is 0.197. The molecule has 0 spiro atoms. The molecule has 3 rings (SSSR count). The summed E-state index contributed by atoms with van der Waals surface area (Å²) in [6.07, 6.45) is 0.0257. The Labute approximate surface area is 242 Å². The average Bonchev–Trinajstić information content (AvgIpc) is 3.43. The maximum atomic E-state index is 14.3. The highest BCUT2D eigenvalue weighted by Gasteiger charge is 2.54. The van der Waals surface area contributed by atoms with Gasteiger partial charge in [-0.25, -0.2) is 9.59 Å². The summed E-state index contributed by atoms with van der Waals surface area (Å²) in [5.41, 5.74) is 5.23. The normalized spacial score (nSPS) is 17.1. The SMILES string of the molecule is NCCCC[C@](NC(=O)OCc1ccccc1)(C(=O)N1CSCC1C(=O)O)C(CCc1ccc(Cl)cc1)C(=O)O. The Hall–Kier alpha value is -3.28. The number of carboxylic acid groups (broad SMARTS) is 2. The van der Waals surface area contributed by atoms with Gasteiger partial charge in [-0.2, -0.15) is 0 Å². The summed E-state index contributed by atoms with van der Waals surface area (Å²) in [4.78, 5) is 53.4. The van der Waals surface area contributed by atoms with E-state index in [1.165, 1.54) is 11.8 Å². The van der Waals surface area contributed by atoms with Crippen molar-refractivity contribution in [2.75, 3.05) is 18.2 Å². The van der Waals surface area contributed by atoms with Crippen molar-refractivity contribution in [2.45, 2.75) is 50.3 Å². The molecule has 1 aliphatic heterocycles. The number of nitrogens with zero attached hydrogens (tertiary/aromatic N) is 1. The van der Waals surface area contributed by atoms with Gasteiger partial charge in [0.05, 0.1) is 11.8 Å². The average molecular weight is 592 g/mol. The van der Waals surface area contributed by atoms with Crippen molar-refractivity contribution in [3.05, 3.63) is 70.7 Å². The number of rotatable bonds is 14. The summed E-state index contributed by atoms with van der Waals surface area (Å²) in [5.74, 6) is -4.44. The predicted molar refractivity (Wildman–Crippen MR) is 152 cm³/mol. The van der Waals surface area contributed by atoms with Crippen LogP contribution in [0.25, 0.3) is 0 Å². The molecule has 0 bridgehead atoms. The third kappa shape index (κ3) is 8.12. The molecule has 2 unspecified atom stereocenters. The van der Waals surface area contributed by atoms with Crippen molar-refractivity contribution >= 4 is 47.3 Å². The number of benzene rings is 2. The number of amides is 2. The number of aliphatic carboxylic acids is 2. The fourth-order valence-electron chi connectivity index (χ4n) is 4.77. The lowest BCUT2D eigenvalue weighted by Crippen LogP contribution is -2.66. The number of nitrogens with two attached hydrogens (primary N) is 1. The number of ether oxygens (including phenoxy) is 1. The monoisotopic (exact) mass is 591 g/mol. The first-order valence-electron chi connectivity index (χ1n) is 13.0. The first kappa shape index (κ1) is 31.3. The van der Waals surface area contributed by atoms with Crippen molar-refractivity contribution in [2.24, 2.45) is 11.7 Å². The van der Waals surface area contributed by atoms with E-state index in [2.05, 4.69) is 5.32 Å². The minimum atomic E-state index is -1.97. The molecule has 0 radical (unpaired) electrons. The third-order valence-electron chi connectivity index (χ3n) is 6.90. The molecule has 2 aromatic carbocycles. The van der Waals surface area contributed by atoms with Crippen LogP contribution in [-0.2, 0) is 32.1 Å². The highest BCUT2D eigenvalue weighted by molar-refractivity contribution is 7.99. The lowest BCUT2D eigenvalue weighted by molar-refractivity contribution is -0.157. The molecule has 0 saturated carbocycles. The van der Waals surface area contributed by atoms with Gasteiger partial charge in [0.15, 0.2) is 0 Å². The molecule has 3 atom stereocenters. The second kappa shape index (κ2) is 14.9. The van der Waals surface area contributed by atoms with Crippen LogP contribution in [0.1, 0.15) is 36.8 Å². The summed E-state index contributed by atoms with van der Waals surface area (Å²) >= 11 is 7.24. The molecule has 1 aliphatic rings. The van der Waals surface area contributed by atoms with E-state index in [0.29, 0.717) is 30.0 Å². The Kier molecular flexibility index (Phi) is 11.7. The summed E-state index contributed by atoms with van der Waals surface area (Å²) < 4.78 is 5.41. The maximum absolute atomic E-state index is 14.3. The molecular formula is C28H34ClN3O7S. The molecule has 216 valence electrons.